The zero-order valence-corrected chi connectivity index (χ0v) is 10.9. The lowest BCUT2D eigenvalue weighted by atomic mass is 10.3. The minimum absolute atomic E-state index is 0.0510. The second-order valence-electron chi connectivity index (χ2n) is 3.69. The molecule has 1 aromatic rings. The number of ether oxygens (including phenoxy) is 2. The van der Waals surface area contributed by atoms with Crippen LogP contribution in [0.15, 0.2) is 24.3 Å². The normalized spacial score (nSPS) is 10.1. The fraction of sp³-hybridized carbons (Fsp3) is 0.462. The van der Waals surface area contributed by atoms with E-state index in [1.165, 1.54) is 0 Å². The highest BCUT2D eigenvalue weighted by molar-refractivity contribution is 5.92. The first-order valence-electron chi connectivity index (χ1n) is 5.98. The summed E-state index contributed by atoms with van der Waals surface area (Å²) < 4.78 is 10.3. The molecule has 0 fully saturated rings. The molecular weight excluding hydrogens is 232 g/mol. The van der Waals surface area contributed by atoms with Crippen LogP contribution in [0.5, 0.6) is 5.75 Å². The molecule has 0 heterocycles. The topological polar surface area (TPSA) is 59.6 Å². The summed E-state index contributed by atoms with van der Waals surface area (Å²) in [5, 5.41) is 5.75. The van der Waals surface area contributed by atoms with Crippen molar-refractivity contribution in [3.8, 4) is 5.75 Å². The summed E-state index contributed by atoms with van der Waals surface area (Å²) in [6.45, 7) is 4.13. The van der Waals surface area contributed by atoms with Crippen LogP contribution >= 0.6 is 0 Å². The molecule has 0 unspecified atom stereocenters. The lowest BCUT2D eigenvalue weighted by Crippen LogP contribution is -2.27. The van der Waals surface area contributed by atoms with E-state index in [0.29, 0.717) is 19.8 Å². The fourth-order valence-electron chi connectivity index (χ4n) is 1.32. The van der Waals surface area contributed by atoms with Gasteiger partial charge in [0.15, 0.2) is 0 Å². The van der Waals surface area contributed by atoms with Crippen LogP contribution in [0.4, 0.5) is 5.69 Å². The van der Waals surface area contributed by atoms with Gasteiger partial charge in [0.1, 0.15) is 12.4 Å². The summed E-state index contributed by atoms with van der Waals surface area (Å²) in [6.07, 6.45) is 0. The Bertz CT molecular complexity index is 352. The molecule has 0 aliphatic heterocycles. The zero-order chi connectivity index (χ0) is 13.2. The van der Waals surface area contributed by atoms with Crippen molar-refractivity contribution in [3.63, 3.8) is 0 Å². The van der Waals surface area contributed by atoms with Crippen molar-refractivity contribution in [2.75, 3.05) is 38.7 Å². The van der Waals surface area contributed by atoms with Crippen LogP contribution in [0.25, 0.3) is 0 Å². The van der Waals surface area contributed by atoms with E-state index in [-0.39, 0.29) is 5.91 Å². The lowest BCUT2D eigenvalue weighted by molar-refractivity contribution is -0.115. The van der Waals surface area contributed by atoms with Crippen LogP contribution in [0, 0.1) is 0 Å². The number of hydrogen-bond donors (Lipinski definition) is 2. The summed E-state index contributed by atoms with van der Waals surface area (Å²) in [5.41, 5.74) is 0.761. The molecule has 0 spiro atoms. The maximum absolute atomic E-state index is 11.4. The van der Waals surface area contributed by atoms with E-state index in [4.69, 9.17) is 9.47 Å². The van der Waals surface area contributed by atoms with Gasteiger partial charge in [-0.05, 0) is 30.8 Å². The molecule has 1 rings (SSSR count). The zero-order valence-electron chi connectivity index (χ0n) is 10.9. The standard InChI is InChI=1S/C13H20N2O3/c1-3-14-10-13(16)15-11-4-6-12(7-5-11)18-9-8-17-2/h4-7,14H,3,8-10H2,1-2H3,(H,15,16). The number of carbonyl (C=O) groups is 1. The second kappa shape index (κ2) is 8.49. The van der Waals surface area contributed by atoms with E-state index >= 15 is 0 Å². The lowest BCUT2D eigenvalue weighted by Gasteiger charge is -2.08. The number of carbonyl (C=O) groups excluding carboxylic acids is 1. The van der Waals surface area contributed by atoms with Gasteiger partial charge >= 0.3 is 0 Å². The molecule has 5 nitrogen and oxygen atoms in total. The maximum Gasteiger partial charge on any atom is 0.238 e. The van der Waals surface area contributed by atoms with Crippen molar-refractivity contribution < 1.29 is 14.3 Å². The Kier molecular flexibility index (Phi) is 6.83. The Morgan fingerprint density at radius 2 is 1.94 bits per heavy atom. The molecule has 1 aromatic carbocycles. The summed E-state index contributed by atoms with van der Waals surface area (Å²) in [6, 6.07) is 7.26. The van der Waals surface area contributed by atoms with Crippen molar-refractivity contribution in [1.29, 1.82) is 0 Å². The van der Waals surface area contributed by atoms with Crippen LogP contribution in [-0.4, -0.2) is 39.3 Å². The Labute approximate surface area is 107 Å². The van der Waals surface area contributed by atoms with Gasteiger partial charge in [0.05, 0.1) is 13.2 Å². The minimum Gasteiger partial charge on any atom is -0.491 e. The number of hydrogen-bond acceptors (Lipinski definition) is 4. The smallest absolute Gasteiger partial charge is 0.238 e. The highest BCUT2D eigenvalue weighted by atomic mass is 16.5. The number of anilines is 1. The first-order valence-corrected chi connectivity index (χ1v) is 5.98. The van der Waals surface area contributed by atoms with Gasteiger partial charge in [-0.15, -0.1) is 0 Å². The summed E-state index contributed by atoms with van der Waals surface area (Å²) in [4.78, 5) is 11.4. The maximum atomic E-state index is 11.4. The first-order chi connectivity index (χ1) is 8.76. The largest absolute Gasteiger partial charge is 0.491 e. The fourth-order valence-corrected chi connectivity index (χ4v) is 1.32. The summed E-state index contributed by atoms with van der Waals surface area (Å²) in [5.74, 6) is 0.710. The molecule has 0 aliphatic carbocycles. The van der Waals surface area contributed by atoms with Crippen LogP contribution in [-0.2, 0) is 9.53 Å². The third-order valence-electron chi connectivity index (χ3n) is 2.23. The number of likely N-dealkylation sites (N-methyl/N-ethyl adjacent to an activating group) is 1. The molecule has 0 aromatic heterocycles. The molecule has 0 radical (unpaired) electrons. The number of nitrogens with one attached hydrogen (secondary N) is 2. The second-order valence-corrected chi connectivity index (χ2v) is 3.69. The van der Waals surface area contributed by atoms with E-state index in [1.54, 1.807) is 7.11 Å². The number of amides is 1. The van der Waals surface area contributed by atoms with E-state index in [1.807, 2.05) is 31.2 Å². The van der Waals surface area contributed by atoms with Crippen LogP contribution in [0.2, 0.25) is 0 Å². The van der Waals surface area contributed by atoms with Gasteiger partial charge < -0.3 is 20.1 Å². The summed E-state index contributed by atoms with van der Waals surface area (Å²) >= 11 is 0. The van der Waals surface area contributed by atoms with Gasteiger partial charge in [0.25, 0.3) is 0 Å². The third kappa shape index (κ3) is 5.65. The molecule has 100 valence electrons. The molecule has 0 atom stereocenters. The number of rotatable bonds is 8. The van der Waals surface area contributed by atoms with E-state index < -0.39 is 0 Å². The van der Waals surface area contributed by atoms with E-state index in [0.717, 1.165) is 18.0 Å². The molecule has 0 saturated heterocycles. The van der Waals surface area contributed by atoms with Gasteiger partial charge in [-0.1, -0.05) is 6.92 Å². The predicted octanol–water partition coefficient (Wildman–Crippen LogP) is 1.26. The molecule has 2 N–H and O–H groups in total. The Balaban J connectivity index is 2.37. The van der Waals surface area contributed by atoms with E-state index in [9.17, 15) is 4.79 Å². The third-order valence-corrected chi connectivity index (χ3v) is 2.23. The number of methoxy groups -OCH3 is 1. The molecule has 0 bridgehead atoms. The highest BCUT2D eigenvalue weighted by Crippen LogP contribution is 2.15. The van der Waals surface area contributed by atoms with Crippen LogP contribution in [0.1, 0.15) is 6.92 Å². The highest BCUT2D eigenvalue weighted by Gasteiger charge is 2.01. The monoisotopic (exact) mass is 252 g/mol. The Morgan fingerprint density at radius 1 is 1.22 bits per heavy atom. The average molecular weight is 252 g/mol. The van der Waals surface area contributed by atoms with Crippen LogP contribution < -0.4 is 15.4 Å². The van der Waals surface area contributed by atoms with Crippen molar-refractivity contribution in [3.05, 3.63) is 24.3 Å². The van der Waals surface area contributed by atoms with Crippen molar-refractivity contribution in [1.82, 2.24) is 5.32 Å². The number of benzene rings is 1. The van der Waals surface area contributed by atoms with Gasteiger partial charge in [0.2, 0.25) is 5.91 Å². The van der Waals surface area contributed by atoms with Gasteiger partial charge in [-0.2, -0.15) is 0 Å². The molecule has 18 heavy (non-hydrogen) atoms. The predicted molar refractivity (Wildman–Crippen MR) is 71.0 cm³/mol. The van der Waals surface area contributed by atoms with Crippen LogP contribution in [0.3, 0.4) is 0 Å². The Hall–Kier alpha value is -1.59. The molecule has 0 aliphatic rings. The molecule has 1 amide bonds. The van der Waals surface area contributed by atoms with Crippen molar-refractivity contribution in [2.45, 2.75) is 6.92 Å². The molecule has 5 heteroatoms. The van der Waals surface area contributed by atoms with Crippen molar-refractivity contribution in [2.24, 2.45) is 0 Å². The Morgan fingerprint density at radius 3 is 2.56 bits per heavy atom. The SMILES string of the molecule is CCNCC(=O)Nc1ccc(OCCOC)cc1. The molecular formula is C13H20N2O3. The van der Waals surface area contributed by atoms with Gasteiger partial charge in [-0.3, -0.25) is 4.79 Å². The minimum atomic E-state index is -0.0510. The quantitative estimate of drug-likeness (QED) is 0.684. The molecule has 0 saturated carbocycles. The average Bonchev–Trinajstić information content (AvgIpc) is 2.39. The van der Waals surface area contributed by atoms with Gasteiger partial charge in [0, 0.05) is 12.8 Å². The van der Waals surface area contributed by atoms with Crippen molar-refractivity contribution >= 4 is 11.6 Å². The summed E-state index contributed by atoms with van der Waals surface area (Å²) in [7, 11) is 1.63. The first kappa shape index (κ1) is 14.5. The van der Waals surface area contributed by atoms with E-state index in [2.05, 4.69) is 10.6 Å². The van der Waals surface area contributed by atoms with Gasteiger partial charge in [-0.25, -0.2) is 0 Å².